The molecule has 0 fully saturated rings. The average molecular weight is 268 g/mol. The molecule has 0 N–H and O–H groups in total. The number of nitrogens with zero attached hydrogens (tertiary/aromatic N) is 8. The van der Waals surface area contributed by atoms with Crippen LogP contribution in [0.15, 0.2) is 0 Å². The molecular formula is C12H12N8. The lowest BCUT2D eigenvalue weighted by Crippen LogP contribution is -2.24. The Morgan fingerprint density at radius 2 is 0.550 bits per heavy atom. The fourth-order valence-corrected chi connectivity index (χ4v) is 0.935. The SMILES string of the molecule is N#CCN(CC#N)CC#N.N#CCN(CC#N)CC#N. The largest absolute Gasteiger partial charge is 0.264 e. The highest BCUT2D eigenvalue weighted by atomic mass is 15.1. The molecule has 0 unspecified atom stereocenters. The van der Waals surface area contributed by atoms with Crippen LogP contribution in [-0.4, -0.2) is 49.1 Å². The highest BCUT2D eigenvalue weighted by Crippen LogP contribution is 1.83. The number of nitriles is 6. The summed E-state index contributed by atoms with van der Waals surface area (Å²) in [5.41, 5.74) is 0. The van der Waals surface area contributed by atoms with Crippen molar-refractivity contribution in [3.8, 4) is 36.4 Å². The lowest BCUT2D eigenvalue weighted by molar-refractivity contribution is 0.385. The van der Waals surface area contributed by atoms with Gasteiger partial charge in [0.2, 0.25) is 0 Å². The first kappa shape index (κ1) is 19.2. The van der Waals surface area contributed by atoms with E-state index in [1.54, 1.807) is 0 Å². The maximum atomic E-state index is 8.18. The van der Waals surface area contributed by atoms with Crippen LogP contribution in [0, 0.1) is 68.0 Å². The Balaban J connectivity index is 0. The minimum Gasteiger partial charge on any atom is -0.264 e. The van der Waals surface area contributed by atoms with Crippen molar-refractivity contribution in [2.24, 2.45) is 0 Å². The van der Waals surface area contributed by atoms with Crippen molar-refractivity contribution in [2.75, 3.05) is 39.3 Å². The topological polar surface area (TPSA) is 149 Å². The van der Waals surface area contributed by atoms with Crippen LogP contribution in [0.25, 0.3) is 0 Å². The minimum atomic E-state index is 0.140. The molecule has 20 heavy (non-hydrogen) atoms. The lowest BCUT2D eigenvalue weighted by atomic mass is 10.5. The van der Waals surface area contributed by atoms with Gasteiger partial charge in [0.1, 0.15) is 0 Å². The van der Waals surface area contributed by atoms with Crippen LogP contribution in [0.2, 0.25) is 0 Å². The molecule has 0 aliphatic carbocycles. The molecule has 0 rings (SSSR count). The van der Waals surface area contributed by atoms with Crippen LogP contribution >= 0.6 is 0 Å². The van der Waals surface area contributed by atoms with Gasteiger partial charge in [0.05, 0.1) is 75.7 Å². The first-order chi connectivity index (χ1) is 9.69. The van der Waals surface area contributed by atoms with E-state index >= 15 is 0 Å². The fraction of sp³-hybridized carbons (Fsp3) is 0.500. The molecule has 0 aromatic rings. The third-order valence-electron chi connectivity index (χ3n) is 1.77. The fourth-order valence-electron chi connectivity index (χ4n) is 0.935. The molecule has 0 bridgehead atoms. The molecule has 0 aromatic carbocycles. The Kier molecular flexibility index (Phi) is 15.2. The van der Waals surface area contributed by atoms with Crippen molar-refractivity contribution in [2.45, 2.75) is 0 Å². The van der Waals surface area contributed by atoms with Gasteiger partial charge in [-0.2, -0.15) is 31.6 Å². The first-order valence-electron chi connectivity index (χ1n) is 5.36. The Bertz CT molecular complexity index is 374. The standard InChI is InChI=1S/2C6H6N4/c2*7-1-4-10(5-2-8)6-3-9/h2*4-6H2. The van der Waals surface area contributed by atoms with Gasteiger partial charge < -0.3 is 0 Å². The lowest BCUT2D eigenvalue weighted by Gasteiger charge is -2.07. The van der Waals surface area contributed by atoms with E-state index in [2.05, 4.69) is 0 Å². The third kappa shape index (κ3) is 12.9. The second-order valence-electron chi connectivity index (χ2n) is 3.24. The monoisotopic (exact) mass is 268 g/mol. The Labute approximate surface area is 118 Å². The van der Waals surface area contributed by atoms with E-state index in [9.17, 15) is 0 Å². The van der Waals surface area contributed by atoms with E-state index in [1.165, 1.54) is 9.80 Å². The van der Waals surface area contributed by atoms with Crippen LogP contribution in [0.5, 0.6) is 0 Å². The summed E-state index contributed by atoms with van der Waals surface area (Å²) in [6, 6.07) is 11.2. The maximum absolute atomic E-state index is 8.18. The quantitative estimate of drug-likeness (QED) is 0.596. The molecule has 0 amide bonds. The Morgan fingerprint density at radius 3 is 0.650 bits per heavy atom. The van der Waals surface area contributed by atoms with Crippen molar-refractivity contribution in [1.29, 1.82) is 31.6 Å². The van der Waals surface area contributed by atoms with Gasteiger partial charge in [0.25, 0.3) is 0 Å². The molecule has 0 atom stereocenters. The van der Waals surface area contributed by atoms with Crippen molar-refractivity contribution < 1.29 is 0 Å². The van der Waals surface area contributed by atoms with E-state index in [0.717, 1.165) is 0 Å². The predicted octanol–water partition coefficient (Wildman–Crippen LogP) is -0.282. The summed E-state index contributed by atoms with van der Waals surface area (Å²) < 4.78 is 0. The zero-order valence-electron chi connectivity index (χ0n) is 10.8. The zero-order valence-corrected chi connectivity index (χ0v) is 10.8. The first-order valence-corrected chi connectivity index (χ1v) is 5.36. The highest BCUT2D eigenvalue weighted by Gasteiger charge is 2.00. The van der Waals surface area contributed by atoms with Gasteiger partial charge in [0, 0.05) is 0 Å². The average Bonchev–Trinajstić information content (AvgIpc) is 2.41. The molecule has 0 spiro atoms. The second kappa shape index (κ2) is 15.9. The van der Waals surface area contributed by atoms with E-state index in [-0.39, 0.29) is 39.3 Å². The van der Waals surface area contributed by atoms with Gasteiger partial charge in [-0.3, -0.25) is 9.80 Å². The van der Waals surface area contributed by atoms with Gasteiger partial charge >= 0.3 is 0 Å². The van der Waals surface area contributed by atoms with Crippen LogP contribution in [-0.2, 0) is 0 Å². The molecule has 0 radical (unpaired) electrons. The molecule has 0 aliphatic rings. The third-order valence-corrected chi connectivity index (χ3v) is 1.77. The number of hydrogen-bond donors (Lipinski definition) is 0. The van der Waals surface area contributed by atoms with E-state index in [1.807, 2.05) is 36.4 Å². The summed E-state index contributed by atoms with van der Waals surface area (Å²) >= 11 is 0. The zero-order chi connectivity index (χ0) is 15.6. The van der Waals surface area contributed by atoms with Crippen LogP contribution in [0.4, 0.5) is 0 Å². The molecule has 8 nitrogen and oxygen atoms in total. The smallest absolute Gasteiger partial charge is 0.0882 e. The molecule has 0 saturated carbocycles. The molecule has 0 aliphatic heterocycles. The summed E-state index contributed by atoms with van der Waals surface area (Å²) in [7, 11) is 0. The van der Waals surface area contributed by atoms with Crippen LogP contribution < -0.4 is 0 Å². The summed E-state index contributed by atoms with van der Waals surface area (Å²) in [5, 5.41) is 49.1. The summed E-state index contributed by atoms with van der Waals surface area (Å²) in [4.78, 5) is 2.92. The van der Waals surface area contributed by atoms with Crippen LogP contribution in [0.1, 0.15) is 0 Å². The molecule has 8 heteroatoms. The Morgan fingerprint density at radius 1 is 0.400 bits per heavy atom. The maximum Gasteiger partial charge on any atom is 0.0882 e. The van der Waals surface area contributed by atoms with Crippen molar-refractivity contribution in [1.82, 2.24) is 9.80 Å². The van der Waals surface area contributed by atoms with Gasteiger partial charge in [-0.1, -0.05) is 0 Å². The normalized spacial score (nSPS) is 7.80. The Hall–Kier alpha value is -3.14. The van der Waals surface area contributed by atoms with Crippen molar-refractivity contribution >= 4 is 0 Å². The summed E-state index contributed by atoms with van der Waals surface area (Å²) in [6.45, 7) is 0.840. The second-order valence-corrected chi connectivity index (χ2v) is 3.24. The molecule has 0 aromatic heterocycles. The minimum absolute atomic E-state index is 0.140. The number of rotatable bonds is 6. The number of hydrogen-bond acceptors (Lipinski definition) is 8. The van der Waals surface area contributed by atoms with Gasteiger partial charge in [-0.05, 0) is 0 Å². The van der Waals surface area contributed by atoms with Crippen molar-refractivity contribution in [3.63, 3.8) is 0 Å². The molecule has 0 heterocycles. The molecule has 100 valence electrons. The molecule has 0 saturated heterocycles. The highest BCUT2D eigenvalue weighted by molar-refractivity contribution is 4.89. The van der Waals surface area contributed by atoms with Crippen molar-refractivity contribution in [3.05, 3.63) is 0 Å². The predicted molar refractivity (Wildman–Crippen MR) is 66.6 cm³/mol. The molecular weight excluding hydrogens is 256 g/mol. The van der Waals surface area contributed by atoms with Gasteiger partial charge in [0.15, 0.2) is 0 Å². The van der Waals surface area contributed by atoms with E-state index in [0.29, 0.717) is 0 Å². The van der Waals surface area contributed by atoms with Gasteiger partial charge in [-0.25, -0.2) is 0 Å². The van der Waals surface area contributed by atoms with Gasteiger partial charge in [-0.15, -0.1) is 0 Å². The van der Waals surface area contributed by atoms with E-state index in [4.69, 9.17) is 31.6 Å². The summed E-state index contributed by atoms with van der Waals surface area (Å²) in [6.07, 6.45) is 0. The van der Waals surface area contributed by atoms with Crippen LogP contribution in [0.3, 0.4) is 0 Å². The summed E-state index contributed by atoms with van der Waals surface area (Å²) in [5.74, 6) is 0. The van der Waals surface area contributed by atoms with E-state index < -0.39 is 0 Å².